The molecule has 22 heavy (non-hydrogen) atoms. The molecule has 10 heteroatoms. The molecule has 10 nitrogen and oxygen atoms in total. The van der Waals surface area contributed by atoms with E-state index in [2.05, 4.69) is 20.7 Å². The van der Waals surface area contributed by atoms with Crippen molar-refractivity contribution in [3.8, 4) is 0 Å². The smallest absolute Gasteiger partial charge is 0.360 e. The van der Waals surface area contributed by atoms with Crippen LogP contribution in [0.4, 0.5) is 4.79 Å². The highest BCUT2D eigenvalue weighted by Gasteiger charge is 2.26. The number of ketones is 1. The lowest BCUT2D eigenvalue weighted by atomic mass is 9.96. The molecule has 1 unspecified atom stereocenters. The van der Waals surface area contributed by atoms with E-state index in [9.17, 15) is 14.4 Å². The van der Waals surface area contributed by atoms with Crippen molar-refractivity contribution in [2.45, 2.75) is 45.1 Å². The van der Waals surface area contributed by atoms with Gasteiger partial charge in [-0.1, -0.05) is 11.7 Å². The lowest BCUT2D eigenvalue weighted by Crippen LogP contribution is -2.35. The summed E-state index contributed by atoms with van der Waals surface area (Å²) < 4.78 is 0. The van der Waals surface area contributed by atoms with Crippen molar-refractivity contribution >= 4 is 17.7 Å². The molecule has 1 rings (SSSR count). The van der Waals surface area contributed by atoms with Crippen LogP contribution in [-0.2, 0) is 9.59 Å². The van der Waals surface area contributed by atoms with Crippen LogP contribution in [0.25, 0.3) is 0 Å². The monoisotopic (exact) mass is 311 g/mol. The summed E-state index contributed by atoms with van der Waals surface area (Å²) in [6, 6.07) is -1.36. The van der Waals surface area contributed by atoms with Crippen molar-refractivity contribution in [1.82, 2.24) is 25.5 Å². The molecule has 0 spiro atoms. The van der Waals surface area contributed by atoms with E-state index in [-0.39, 0.29) is 24.4 Å². The number of carbonyl (C=O) groups is 3. The highest BCUT2D eigenvalue weighted by atomic mass is 16.2. The number of hydrogen-bond donors (Lipinski definition) is 3. The van der Waals surface area contributed by atoms with E-state index in [4.69, 9.17) is 11.5 Å². The third-order valence-electron chi connectivity index (χ3n) is 3.02. The number of nitrogens with two attached hydrogens (primary N) is 2. The van der Waals surface area contributed by atoms with Crippen LogP contribution in [0.5, 0.6) is 0 Å². The van der Waals surface area contributed by atoms with E-state index >= 15 is 0 Å². The topological polar surface area (TPSA) is 159 Å². The molecule has 1 aromatic rings. The summed E-state index contributed by atoms with van der Waals surface area (Å²) in [5.74, 6) is -1.48. The van der Waals surface area contributed by atoms with E-state index in [1.807, 2.05) is 6.92 Å². The first-order valence-corrected chi connectivity index (χ1v) is 7.02. The lowest BCUT2D eigenvalue weighted by Gasteiger charge is -2.12. The zero-order chi connectivity index (χ0) is 16.7. The minimum atomic E-state index is -0.844. The molecule has 5 N–H and O–H groups in total. The number of carbonyl (C=O) groups excluding carboxylic acids is 3. The molecular weight excluding hydrogens is 290 g/mol. The van der Waals surface area contributed by atoms with Crippen LogP contribution in [0.1, 0.15) is 44.9 Å². The van der Waals surface area contributed by atoms with E-state index in [1.54, 1.807) is 6.92 Å². The maximum atomic E-state index is 12.1. The van der Waals surface area contributed by atoms with Crippen LogP contribution >= 0.6 is 0 Å². The number of Topliss-reactive ketones (excluding diaryl/α,β-unsaturated/α-hetero) is 1. The fourth-order valence-corrected chi connectivity index (χ4v) is 1.68. The molecule has 0 aliphatic rings. The number of hydrogen-bond acceptors (Lipinski definition) is 7. The second kappa shape index (κ2) is 8.17. The van der Waals surface area contributed by atoms with Gasteiger partial charge in [-0.2, -0.15) is 0 Å². The Bertz CT molecular complexity index is 543. The number of primary amides is 1. The third-order valence-corrected chi connectivity index (χ3v) is 3.02. The average molecular weight is 311 g/mol. The lowest BCUT2D eigenvalue weighted by molar-refractivity contribution is -0.122. The molecule has 0 aliphatic heterocycles. The number of amides is 2. The van der Waals surface area contributed by atoms with Crippen LogP contribution in [0.15, 0.2) is 0 Å². The van der Waals surface area contributed by atoms with Crippen LogP contribution in [0, 0.1) is 0 Å². The van der Waals surface area contributed by atoms with Crippen molar-refractivity contribution in [3.05, 3.63) is 5.82 Å². The zero-order valence-corrected chi connectivity index (χ0v) is 12.7. The SMILES string of the molecule is CCCNC(=O)n1nnc(C(C)C(=O)[C@@H](N)CCC(N)=O)n1. The summed E-state index contributed by atoms with van der Waals surface area (Å²) >= 11 is 0. The first kappa shape index (κ1) is 17.7. The van der Waals surface area contributed by atoms with Crippen molar-refractivity contribution in [2.24, 2.45) is 11.5 Å². The molecule has 0 bridgehead atoms. The van der Waals surface area contributed by atoms with Crippen molar-refractivity contribution in [1.29, 1.82) is 0 Å². The Hall–Kier alpha value is -2.36. The van der Waals surface area contributed by atoms with Crippen molar-refractivity contribution < 1.29 is 14.4 Å². The molecule has 0 fully saturated rings. The molecular formula is C12H21N7O3. The largest absolute Gasteiger partial charge is 0.370 e. The van der Waals surface area contributed by atoms with Gasteiger partial charge in [-0.3, -0.25) is 9.59 Å². The summed E-state index contributed by atoms with van der Waals surface area (Å²) in [5, 5.41) is 13.8. The molecule has 2 amide bonds. The molecule has 2 atom stereocenters. The molecule has 122 valence electrons. The van der Waals surface area contributed by atoms with Gasteiger partial charge in [-0.05, 0) is 25.0 Å². The second-order valence-corrected chi connectivity index (χ2v) is 4.90. The van der Waals surface area contributed by atoms with Gasteiger partial charge in [0, 0.05) is 13.0 Å². The number of aromatic nitrogens is 4. The fraction of sp³-hybridized carbons (Fsp3) is 0.667. The Morgan fingerprint density at radius 1 is 1.36 bits per heavy atom. The maximum absolute atomic E-state index is 12.1. The predicted octanol–water partition coefficient (Wildman–Crippen LogP) is -1.09. The predicted molar refractivity (Wildman–Crippen MR) is 76.7 cm³/mol. The quantitative estimate of drug-likeness (QED) is 0.549. The first-order chi connectivity index (χ1) is 10.4. The summed E-state index contributed by atoms with van der Waals surface area (Å²) in [5.41, 5.74) is 10.7. The van der Waals surface area contributed by atoms with Gasteiger partial charge in [0.15, 0.2) is 11.6 Å². The van der Waals surface area contributed by atoms with Crippen molar-refractivity contribution in [2.75, 3.05) is 6.54 Å². The van der Waals surface area contributed by atoms with Gasteiger partial charge in [-0.25, -0.2) is 4.79 Å². The highest BCUT2D eigenvalue weighted by Crippen LogP contribution is 2.13. The van der Waals surface area contributed by atoms with Crippen LogP contribution < -0.4 is 16.8 Å². The standard InChI is InChI=1S/C12H21N7O3/c1-3-6-15-12(22)19-17-11(16-18-19)7(2)10(21)8(13)4-5-9(14)20/h7-8H,3-6,13H2,1-2H3,(H2,14,20)(H,15,22)/t7?,8-/m0/s1. The molecule has 0 aromatic carbocycles. The van der Waals surface area contributed by atoms with Crippen LogP contribution in [-0.4, -0.2) is 50.5 Å². The Morgan fingerprint density at radius 2 is 2.05 bits per heavy atom. The van der Waals surface area contributed by atoms with E-state index in [0.29, 0.717) is 6.54 Å². The Balaban J connectivity index is 2.67. The van der Waals surface area contributed by atoms with Crippen LogP contribution in [0.2, 0.25) is 0 Å². The average Bonchev–Trinajstić information content (AvgIpc) is 2.98. The van der Waals surface area contributed by atoms with E-state index in [0.717, 1.165) is 11.2 Å². The maximum Gasteiger partial charge on any atom is 0.360 e. The molecule has 1 aromatic heterocycles. The third kappa shape index (κ3) is 4.88. The zero-order valence-electron chi connectivity index (χ0n) is 12.7. The van der Waals surface area contributed by atoms with Crippen molar-refractivity contribution in [3.63, 3.8) is 0 Å². The van der Waals surface area contributed by atoms with Gasteiger partial charge in [0.2, 0.25) is 5.91 Å². The highest BCUT2D eigenvalue weighted by molar-refractivity contribution is 5.89. The molecule has 1 heterocycles. The summed E-state index contributed by atoms with van der Waals surface area (Å²) in [6.07, 6.45) is 0.958. The van der Waals surface area contributed by atoms with Crippen LogP contribution in [0.3, 0.4) is 0 Å². The summed E-state index contributed by atoms with van der Waals surface area (Å²) in [7, 11) is 0. The van der Waals surface area contributed by atoms with Gasteiger partial charge < -0.3 is 16.8 Å². The molecule has 0 saturated heterocycles. The molecule has 0 radical (unpaired) electrons. The number of rotatable bonds is 8. The molecule has 0 aliphatic carbocycles. The van der Waals surface area contributed by atoms with Gasteiger partial charge in [0.1, 0.15) is 0 Å². The molecule has 0 saturated carbocycles. The van der Waals surface area contributed by atoms with E-state index < -0.39 is 23.9 Å². The fourth-order valence-electron chi connectivity index (χ4n) is 1.68. The second-order valence-electron chi connectivity index (χ2n) is 4.90. The van der Waals surface area contributed by atoms with E-state index in [1.165, 1.54) is 0 Å². The normalized spacial score (nSPS) is 13.4. The Kier molecular flexibility index (Phi) is 6.57. The number of tetrazole rings is 1. The Morgan fingerprint density at radius 3 is 2.64 bits per heavy atom. The van der Waals surface area contributed by atoms with Gasteiger partial charge >= 0.3 is 6.03 Å². The van der Waals surface area contributed by atoms with Gasteiger partial charge in [-0.15, -0.1) is 10.2 Å². The first-order valence-electron chi connectivity index (χ1n) is 7.02. The summed E-state index contributed by atoms with van der Waals surface area (Å²) in [4.78, 5) is 35.3. The van der Waals surface area contributed by atoms with Gasteiger partial charge in [0.05, 0.1) is 12.0 Å². The van der Waals surface area contributed by atoms with Gasteiger partial charge in [0.25, 0.3) is 0 Å². The Labute approximate surface area is 127 Å². The summed E-state index contributed by atoms with van der Waals surface area (Å²) in [6.45, 7) is 3.97. The number of nitrogens with one attached hydrogen (secondary N) is 1. The number of nitrogens with zero attached hydrogens (tertiary/aromatic N) is 4. The minimum Gasteiger partial charge on any atom is -0.370 e. The minimum absolute atomic E-state index is 0.0270.